The molecule has 1 aromatic heterocycles. The average molecular weight is 370 g/mol. The van der Waals surface area contributed by atoms with E-state index < -0.39 is 5.91 Å². The molecule has 1 saturated carbocycles. The van der Waals surface area contributed by atoms with Crippen LogP contribution in [0.15, 0.2) is 18.2 Å². The van der Waals surface area contributed by atoms with E-state index in [1.165, 1.54) is 18.0 Å². The lowest BCUT2D eigenvalue weighted by molar-refractivity contribution is -0.136. The zero-order valence-electron chi connectivity index (χ0n) is 14.6. The first kappa shape index (κ1) is 16.1. The number of carbonyl (C=O) groups excluding carboxylic acids is 2. The van der Waals surface area contributed by atoms with E-state index in [0.29, 0.717) is 29.5 Å². The number of piperidine rings is 1. The van der Waals surface area contributed by atoms with Gasteiger partial charge in [0, 0.05) is 36.6 Å². The molecular formula is C19H22N4O2S. The van der Waals surface area contributed by atoms with Gasteiger partial charge in [0.15, 0.2) is 0 Å². The minimum Gasteiger partial charge on any atom is -0.369 e. The standard InChI is InChI=1S/C19H22N4O2S/c20-18(24)17-14-6-5-13(8-16(14)26-21-17)22-9-12-2-1-7-23(15(12)10-22)19(25)11-3-4-11/h5-6,8,11-12,15H,1-4,7,9-10H2,(H2,20,24). The summed E-state index contributed by atoms with van der Waals surface area (Å²) >= 11 is 1.32. The maximum absolute atomic E-state index is 12.6. The molecule has 136 valence electrons. The fraction of sp³-hybridized carbons (Fsp3) is 0.526. The summed E-state index contributed by atoms with van der Waals surface area (Å²) in [5.41, 5.74) is 6.89. The molecule has 1 aromatic carbocycles. The summed E-state index contributed by atoms with van der Waals surface area (Å²) in [6, 6.07) is 6.44. The van der Waals surface area contributed by atoms with E-state index in [0.717, 1.165) is 54.7 Å². The second kappa shape index (κ2) is 5.94. The Hall–Kier alpha value is -2.15. The van der Waals surface area contributed by atoms with Crippen LogP contribution >= 0.6 is 11.5 Å². The lowest BCUT2D eigenvalue weighted by atomic mass is 9.92. The van der Waals surface area contributed by atoms with Crippen LogP contribution in [0.5, 0.6) is 0 Å². The molecule has 0 spiro atoms. The molecule has 2 amide bonds. The summed E-state index contributed by atoms with van der Waals surface area (Å²) in [6.45, 7) is 2.81. The summed E-state index contributed by atoms with van der Waals surface area (Å²) < 4.78 is 5.18. The third-order valence-electron chi connectivity index (χ3n) is 6.04. The van der Waals surface area contributed by atoms with E-state index in [9.17, 15) is 9.59 Å². The number of nitrogens with two attached hydrogens (primary N) is 1. The van der Waals surface area contributed by atoms with Gasteiger partial charge in [-0.25, -0.2) is 0 Å². The third-order valence-corrected chi connectivity index (χ3v) is 6.85. The van der Waals surface area contributed by atoms with Gasteiger partial charge in [0.1, 0.15) is 5.69 Å². The molecule has 5 rings (SSSR count). The van der Waals surface area contributed by atoms with Crippen molar-refractivity contribution < 1.29 is 9.59 Å². The molecule has 2 N–H and O–H groups in total. The van der Waals surface area contributed by atoms with Crippen LogP contribution in [0.2, 0.25) is 0 Å². The molecule has 6 nitrogen and oxygen atoms in total. The molecule has 0 bridgehead atoms. The van der Waals surface area contributed by atoms with E-state index >= 15 is 0 Å². The Bertz CT molecular complexity index is 891. The third kappa shape index (κ3) is 2.57. The number of primary amides is 1. The highest BCUT2D eigenvalue weighted by Gasteiger charge is 2.44. The molecule has 2 aromatic rings. The quantitative estimate of drug-likeness (QED) is 0.899. The number of fused-ring (bicyclic) bond motifs is 2. The fourth-order valence-corrected chi connectivity index (χ4v) is 5.34. The first-order valence-corrected chi connectivity index (χ1v) is 10.1. The number of hydrogen-bond donors (Lipinski definition) is 1. The van der Waals surface area contributed by atoms with Crippen LogP contribution in [-0.4, -0.2) is 46.8 Å². The summed E-state index contributed by atoms with van der Waals surface area (Å²) in [5.74, 6) is 0.754. The smallest absolute Gasteiger partial charge is 0.269 e. The number of hydrogen-bond acceptors (Lipinski definition) is 5. The highest BCUT2D eigenvalue weighted by Crippen LogP contribution is 2.39. The number of benzene rings is 1. The molecule has 2 saturated heterocycles. The maximum Gasteiger partial charge on any atom is 0.269 e. The Balaban J connectivity index is 1.40. The molecule has 2 unspecified atom stereocenters. The maximum atomic E-state index is 12.6. The molecule has 3 heterocycles. The predicted octanol–water partition coefficient (Wildman–Crippen LogP) is 2.23. The van der Waals surface area contributed by atoms with Gasteiger partial charge in [-0.05, 0) is 61.3 Å². The number of amides is 2. The van der Waals surface area contributed by atoms with Crippen molar-refractivity contribution in [1.29, 1.82) is 0 Å². The van der Waals surface area contributed by atoms with E-state index in [1.807, 2.05) is 12.1 Å². The number of likely N-dealkylation sites (tertiary alicyclic amines) is 1. The van der Waals surface area contributed by atoms with Crippen molar-refractivity contribution in [2.75, 3.05) is 24.5 Å². The van der Waals surface area contributed by atoms with Gasteiger partial charge in [0.2, 0.25) is 5.91 Å². The second-order valence-corrected chi connectivity index (χ2v) is 8.56. The molecule has 7 heteroatoms. The van der Waals surface area contributed by atoms with Gasteiger partial charge in [-0.15, -0.1) is 0 Å². The molecule has 1 aliphatic carbocycles. The summed E-state index contributed by atoms with van der Waals surface area (Å²) in [6.07, 6.45) is 4.45. The lowest BCUT2D eigenvalue weighted by Gasteiger charge is -2.37. The Morgan fingerprint density at radius 1 is 1.19 bits per heavy atom. The van der Waals surface area contributed by atoms with E-state index in [4.69, 9.17) is 5.73 Å². The second-order valence-electron chi connectivity index (χ2n) is 7.76. The fourth-order valence-electron chi connectivity index (χ4n) is 4.53. The van der Waals surface area contributed by atoms with Crippen LogP contribution < -0.4 is 10.6 Å². The minimum absolute atomic E-state index is 0.295. The Morgan fingerprint density at radius 2 is 2.04 bits per heavy atom. The highest BCUT2D eigenvalue weighted by molar-refractivity contribution is 7.13. The van der Waals surface area contributed by atoms with E-state index in [-0.39, 0.29) is 0 Å². The molecule has 2 aliphatic heterocycles. The van der Waals surface area contributed by atoms with E-state index in [1.54, 1.807) is 0 Å². The zero-order valence-corrected chi connectivity index (χ0v) is 15.4. The number of rotatable bonds is 3. The predicted molar refractivity (Wildman–Crippen MR) is 101 cm³/mol. The van der Waals surface area contributed by atoms with Crippen molar-refractivity contribution in [2.24, 2.45) is 17.6 Å². The van der Waals surface area contributed by atoms with Gasteiger partial charge >= 0.3 is 0 Å². The summed E-state index contributed by atoms with van der Waals surface area (Å²) in [7, 11) is 0. The van der Waals surface area contributed by atoms with E-state index in [2.05, 4.69) is 20.2 Å². The molecule has 3 fully saturated rings. The van der Waals surface area contributed by atoms with Crippen LogP contribution in [0.3, 0.4) is 0 Å². The van der Waals surface area contributed by atoms with Crippen LogP contribution in [0.1, 0.15) is 36.2 Å². The molecule has 3 aliphatic rings. The molecular weight excluding hydrogens is 348 g/mol. The van der Waals surface area contributed by atoms with Gasteiger partial charge in [-0.3, -0.25) is 9.59 Å². The van der Waals surface area contributed by atoms with Crippen molar-refractivity contribution in [3.63, 3.8) is 0 Å². The van der Waals surface area contributed by atoms with Crippen LogP contribution in [0, 0.1) is 11.8 Å². The van der Waals surface area contributed by atoms with Crippen molar-refractivity contribution in [3.05, 3.63) is 23.9 Å². The van der Waals surface area contributed by atoms with Crippen LogP contribution in [-0.2, 0) is 4.79 Å². The average Bonchev–Trinajstić information content (AvgIpc) is 3.25. The monoisotopic (exact) mass is 370 g/mol. The number of carbonyl (C=O) groups is 2. The van der Waals surface area contributed by atoms with Gasteiger partial charge in [0.05, 0.1) is 10.7 Å². The Labute approximate surface area is 156 Å². The first-order valence-electron chi connectivity index (χ1n) is 9.36. The summed E-state index contributed by atoms with van der Waals surface area (Å²) in [5, 5.41) is 0.827. The van der Waals surface area contributed by atoms with Crippen molar-refractivity contribution in [3.8, 4) is 0 Å². The summed E-state index contributed by atoms with van der Waals surface area (Å²) in [4.78, 5) is 28.7. The van der Waals surface area contributed by atoms with Crippen molar-refractivity contribution in [1.82, 2.24) is 9.27 Å². The van der Waals surface area contributed by atoms with Gasteiger partial charge in [-0.1, -0.05) is 0 Å². The number of aromatic nitrogens is 1. The normalized spacial score (nSPS) is 25.5. The topological polar surface area (TPSA) is 79.5 Å². The Kier molecular flexibility index (Phi) is 3.67. The van der Waals surface area contributed by atoms with Gasteiger partial charge in [-0.2, -0.15) is 4.37 Å². The van der Waals surface area contributed by atoms with Crippen molar-refractivity contribution in [2.45, 2.75) is 31.7 Å². The van der Waals surface area contributed by atoms with Gasteiger partial charge < -0.3 is 15.5 Å². The van der Waals surface area contributed by atoms with Gasteiger partial charge in [0.25, 0.3) is 5.91 Å². The first-order chi connectivity index (χ1) is 12.6. The molecule has 26 heavy (non-hydrogen) atoms. The van der Waals surface area contributed by atoms with Crippen LogP contribution in [0.25, 0.3) is 10.1 Å². The molecule has 2 atom stereocenters. The van der Waals surface area contributed by atoms with Crippen molar-refractivity contribution >= 4 is 39.1 Å². The number of anilines is 1. The Morgan fingerprint density at radius 3 is 2.81 bits per heavy atom. The lowest BCUT2D eigenvalue weighted by Crippen LogP contribution is -2.49. The SMILES string of the molecule is NC(=O)c1nsc2cc(N3CC4CCCN(C(=O)C5CC5)C4C3)ccc12. The molecule has 0 radical (unpaired) electrons. The zero-order chi connectivity index (χ0) is 17.8. The highest BCUT2D eigenvalue weighted by atomic mass is 32.1. The van der Waals surface area contributed by atoms with Crippen LogP contribution in [0.4, 0.5) is 5.69 Å². The minimum atomic E-state index is -0.481. The number of nitrogens with zero attached hydrogens (tertiary/aromatic N) is 3. The largest absolute Gasteiger partial charge is 0.369 e.